The van der Waals surface area contributed by atoms with Gasteiger partial charge in [-0.3, -0.25) is 0 Å². The molecule has 0 radical (unpaired) electrons. The van der Waals surface area contributed by atoms with E-state index in [-0.39, 0.29) is 19.4 Å². The van der Waals surface area contributed by atoms with Crippen LogP contribution in [-0.2, 0) is 13.6 Å². The van der Waals surface area contributed by atoms with Gasteiger partial charge in [-0.2, -0.15) is 17.9 Å². The van der Waals surface area contributed by atoms with Gasteiger partial charge in [-0.15, -0.1) is 5.10 Å². The van der Waals surface area contributed by atoms with E-state index >= 15 is 0 Å². The molecule has 2 aromatic carbocycles. The molecule has 0 bridgehead atoms. The predicted molar refractivity (Wildman–Crippen MR) is 118 cm³/mol. The zero-order valence-corrected chi connectivity index (χ0v) is 18.8. The van der Waals surface area contributed by atoms with Gasteiger partial charge in [0.25, 0.3) is 0 Å². The molecule has 0 aliphatic heterocycles. The fraction of sp³-hybridized carbons (Fsp3) is 0.227. The van der Waals surface area contributed by atoms with E-state index in [1.54, 1.807) is 37.8 Å². The van der Waals surface area contributed by atoms with Gasteiger partial charge in [0, 0.05) is 42.5 Å². The summed E-state index contributed by atoms with van der Waals surface area (Å²) < 4.78 is 44.7. The highest BCUT2D eigenvalue weighted by Crippen LogP contribution is 2.23. The largest absolute Gasteiger partial charge is 0.496 e. The Bertz CT molecular complexity index is 1170. The van der Waals surface area contributed by atoms with Gasteiger partial charge in [0.2, 0.25) is 5.89 Å². The first-order valence-electron chi connectivity index (χ1n) is 9.51. The van der Waals surface area contributed by atoms with Gasteiger partial charge in [0.05, 0.1) is 20.0 Å². The summed E-state index contributed by atoms with van der Waals surface area (Å²) in [6.45, 7) is 0.409. The van der Waals surface area contributed by atoms with Crippen molar-refractivity contribution in [2.75, 3.05) is 7.11 Å². The fourth-order valence-corrected chi connectivity index (χ4v) is 2.66. The highest BCUT2D eigenvalue weighted by atomic mass is 35.5. The Kier molecular flexibility index (Phi) is 9.29. The summed E-state index contributed by atoms with van der Waals surface area (Å²) in [6, 6.07) is 14.5. The summed E-state index contributed by atoms with van der Waals surface area (Å²) in [6.07, 6.45) is 1.39. The summed E-state index contributed by atoms with van der Waals surface area (Å²) in [5.41, 5.74) is 1.50. The molecule has 7 nitrogen and oxygen atoms in total. The van der Waals surface area contributed by atoms with Crippen LogP contribution in [0.15, 0.2) is 76.5 Å². The molecule has 0 unspecified atom stereocenters. The molecule has 0 saturated carbocycles. The van der Waals surface area contributed by atoms with Crippen LogP contribution in [0.5, 0.6) is 5.75 Å². The maximum Gasteiger partial charge on any atom is 0.437 e. The lowest BCUT2D eigenvalue weighted by Crippen LogP contribution is -2.17. The lowest BCUT2D eigenvalue weighted by atomic mass is 10.2. The molecule has 11 heteroatoms. The van der Waals surface area contributed by atoms with Crippen molar-refractivity contribution in [1.82, 2.24) is 19.3 Å². The van der Waals surface area contributed by atoms with E-state index in [9.17, 15) is 18.0 Å². The van der Waals surface area contributed by atoms with Crippen LogP contribution in [0.3, 0.4) is 0 Å². The number of alkyl halides is 3. The van der Waals surface area contributed by atoms with Crippen LogP contribution in [-0.4, -0.2) is 32.6 Å². The second-order valence-electron chi connectivity index (χ2n) is 6.66. The molecule has 0 saturated heterocycles. The second kappa shape index (κ2) is 11.9. The summed E-state index contributed by atoms with van der Waals surface area (Å²) >= 11 is 5.99. The van der Waals surface area contributed by atoms with Crippen molar-refractivity contribution in [3.63, 3.8) is 0 Å². The Balaban J connectivity index is 0.000000289. The van der Waals surface area contributed by atoms with Crippen LogP contribution < -0.4 is 10.5 Å². The third-order valence-electron chi connectivity index (χ3n) is 3.83. The van der Waals surface area contributed by atoms with Crippen LogP contribution in [0.4, 0.5) is 13.2 Å². The Morgan fingerprint density at radius 3 is 2.33 bits per heavy atom. The van der Waals surface area contributed by atoms with Crippen molar-refractivity contribution in [1.29, 1.82) is 0 Å². The van der Waals surface area contributed by atoms with Gasteiger partial charge in [-0.05, 0) is 30.3 Å². The molecule has 0 spiro atoms. The van der Waals surface area contributed by atoms with Crippen LogP contribution in [0.2, 0.25) is 5.02 Å². The molecular weight excluding hydrogens is 461 g/mol. The number of rotatable bonds is 4. The van der Waals surface area contributed by atoms with E-state index in [0.29, 0.717) is 10.8 Å². The fourth-order valence-electron chi connectivity index (χ4n) is 2.46. The average molecular weight is 483 g/mol. The molecule has 2 aromatic heterocycles. The van der Waals surface area contributed by atoms with Crippen LogP contribution in [0.1, 0.15) is 12.5 Å². The molecule has 4 aromatic rings. The molecular formula is C22H22ClF3N4O3. The zero-order valence-electron chi connectivity index (χ0n) is 18.1. The first-order valence-corrected chi connectivity index (χ1v) is 9.89. The molecule has 0 atom stereocenters. The molecule has 2 heterocycles. The Morgan fingerprint density at radius 1 is 1.15 bits per heavy atom. The molecule has 0 amide bonds. The molecule has 33 heavy (non-hydrogen) atoms. The topological polar surface area (TPSA) is 75.1 Å². The van der Waals surface area contributed by atoms with E-state index in [1.165, 1.54) is 4.68 Å². The van der Waals surface area contributed by atoms with Crippen molar-refractivity contribution < 1.29 is 22.3 Å². The van der Waals surface area contributed by atoms with Gasteiger partial charge in [-0.1, -0.05) is 29.8 Å². The number of hydrogen-bond donors (Lipinski definition) is 0. The molecule has 176 valence electrons. The normalized spacial score (nSPS) is 10.5. The van der Waals surface area contributed by atoms with Gasteiger partial charge in [0.1, 0.15) is 5.75 Å². The van der Waals surface area contributed by atoms with E-state index in [2.05, 4.69) is 10.1 Å². The maximum atomic E-state index is 12.0. The number of imidazole rings is 1. The minimum absolute atomic E-state index is 0.188. The van der Waals surface area contributed by atoms with Crippen molar-refractivity contribution >= 4 is 11.6 Å². The average Bonchev–Trinajstić information content (AvgIpc) is 3.37. The number of hydrogen-bond acceptors (Lipinski definition) is 5. The minimum atomic E-state index is -4.00. The Labute approximate surface area is 193 Å². The minimum Gasteiger partial charge on any atom is -0.496 e. The second-order valence-corrected chi connectivity index (χ2v) is 7.10. The summed E-state index contributed by atoms with van der Waals surface area (Å²) in [5, 5.41) is 4.78. The standard InChI is InChI=1S/C16H13ClN2O3.C4H6N2.C2H3F3/c1-21-14-8-7-13(17)9-12(14)10-19-16(20)22-15(18-19)11-5-3-2-4-6-11;1-6-3-2-5-4-6;1-2(3,4)5/h2-9H,10H2,1H3;2-4H,1H3;1H3. The Hall–Kier alpha value is -3.53. The van der Waals surface area contributed by atoms with Crippen LogP contribution in [0, 0.1) is 0 Å². The predicted octanol–water partition coefficient (Wildman–Crippen LogP) is 5.20. The zero-order chi connectivity index (χ0) is 24.4. The van der Waals surface area contributed by atoms with Crippen LogP contribution in [0.25, 0.3) is 11.5 Å². The van der Waals surface area contributed by atoms with Gasteiger partial charge < -0.3 is 13.7 Å². The molecule has 0 fully saturated rings. The van der Waals surface area contributed by atoms with E-state index in [1.807, 2.05) is 48.1 Å². The van der Waals surface area contributed by atoms with Crippen molar-refractivity contribution in [2.45, 2.75) is 19.6 Å². The van der Waals surface area contributed by atoms with E-state index < -0.39 is 11.9 Å². The SMILES string of the molecule is CC(F)(F)F.COc1ccc(Cl)cc1Cn1nc(-c2ccccc2)oc1=O.Cn1ccnc1. The van der Waals surface area contributed by atoms with Crippen molar-refractivity contribution in [3.8, 4) is 17.2 Å². The number of nitrogens with zero attached hydrogens (tertiary/aromatic N) is 4. The van der Waals surface area contributed by atoms with Gasteiger partial charge >= 0.3 is 11.9 Å². The number of halogens is 4. The quantitative estimate of drug-likeness (QED) is 0.399. The monoisotopic (exact) mass is 482 g/mol. The number of aromatic nitrogens is 4. The van der Waals surface area contributed by atoms with Gasteiger partial charge in [0.15, 0.2) is 0 Å². The first kappa shape index (κ1) is 25.7. The number of ether oxygens (including phenoxy) is 1. The van der Waals surface area contributed by atoms with Crippen molar-refractivity contribution in [3.05, 3.63) is 88.4 Å². The maximum absolute atomic E-state index is 12.0. The molecule has 4 rings (SSSR count). The third kappa shape index (κ3) is 9.24. The third-order valence-corrected chi connectivity index (χ3v) is 4.06. The Morgan fingerprint density at radius 2 is 1.82 bits per heavy atom. The lowest BCUT2D eigenvalue weighted by molar-refractivity contribution is -0.110. The molecule has 0 aliphatic carbocycles. The van der Waals surface area contributed by atoms with E-state index in [0.717, 1.165) is 11.1 Å². The molecule has 0 N–H and O–H groups in total. The summed E-state index contributed by atoms with van der Waals surface area (Å²) in [5.74, 6) is 0.396. The molecule has 0 aliphatic rings. The highest BCUT2D eigenvalue weighted by Gasteiger charge is 2.15. The van der Waals surface area contributed by atoms with Gasteiger partial charge in [-0.25, -0.2) is 9.78 Å². The number of methoxy groups -OCH3 is 1. The van der Waals surface area contributed by atoms with Crippen LogP contribution >= 0.6 is 11.6 Å². The lowest BCUT2D eigenvalue weighted by Gasteiger charge is -2.07. The number of aryl methyl sites for hydroxylation is 1. The number of benzene rings is 2. The summed E-state index contributed by atoms with van der Waals surface area (Å²) in [4.78, 5) is 15.7. The first-order chi connectivity index (χ1) is 15.6. The highest BCUT2D eigenvalue weighted by molar-refractivity contribution is 6.30. The van der Waals surface area contributed by atoms with E-state index in [4.69, 9.17) is 20.8 Å². The smallest absolute Gasteiger partial charge is 0.437 e. The summed E-state index contributed by atoms with van der Waals surface area (Å²) in [7, 11) is 3.50. The van der Waals surface area contributed by atoms with Crippen molar-refractivity contribution in [2.24, 2.45) is 7.05 Å².